The highest BCUT2D eigenvalue weighted by Crippen LogP contribution is 2.36. The van der Waals surface area contributed by atoms with E-state index in [-0.39, 0.29) is 0 Å². The van der Waals surface area contributed by atoms with Gasteiger partial charge in [0.1, 0.15) is 11.6 Å². The fourth-order valence-corrected chi connectivity index (χ4v) is 1.89. The van der Waals surface area contributed by atoms with Crippen LogP contribution >= 0.6 is 23.2 Å². The first-order chi connectivity index (χ1) is 9.11. The highest BCUT2D eigenvalue weighted by atomic mass is 35.5. The molecule has 0 aliphatic carbocycles. The number of pyridine rings is 1. The Balaban J connectivity index is 0.000000861. The number of ether oxygens (including phenoxy) is 1. The maximum Gasteiger partial charge on any atom is 0.131 e. The molecule has 1 heterocycles. The molecule has 0 spiro atoms. The van der Waals surface area contributed by atoms with Crippen molar-refractivity contribution in [1.29, 1.82) is 0 Å². The monoisotopic (exact) mass is 298 g/mol. The number of hydrogen-bond acceptors (Lipinski definition) is 3. The van der Waals surface area contributed by atoms with Crippen molar-refractivity contribution in [3.05, 3.63) is 40.5 Å². The predicted octanol–water partition coefficient (Wildman–Crippen LogP) is 4.67. The van der Waals surface area contributed by atoms with Crippen LogP contribution in [0.4, 0.5) is 5.82 Å². The molecule has 0 atom stereocenters. The van der Waals surface area contributed by atoms with Crippen LogP contribution in [0, 0.1) is 0 Å². The molecule has 19 heavy (non-hydrogen) atoms. The van der Waals surface area contributed by atoms with Gasteiger partial charge in [-0.25, -0.2) is 4.98 Å². The molecule has 2 aromatic rings. The number of hydrogen-bond donors (Lipinski definition) is 1. The normalized spacial score (nSPS) is 9.53. The summed E-state index contributed by atoms with van der Waals surface area (Å²) in [5.41, 5.74) is 7.30. The third kappa shape index (κ3) is 3.75. The molecule has 102 valence electrons. The van der Waals surface area contributed by atoms with Gasteiger partial charge in [0.25, 0.3) is 0 Å². The van der Waals surface area contributed by atoms with Crippen LogP contribution in [-0.4, -0.2) is 12.1 Å². The van der Waals surface area contributed by atoms with E-state index in [1.807, 2.05) is 13.8 Å². The summed E-state index contributed by atoms with van der Waals surface area (Å²) in [4.78, 5) is 4.01. The first-order valence-electron chi connectivity index (χ1n) is 5.86. The van der Waals surface area contributed by atoms with Crippen molar-refractivity contribution in [2.45, 2.75) is 13.8 Å². The van der Waals surface area contributed by atoms with Gasteiger partial charge in [-0.15, -0.1) is 0 Å². The summed E-state index contributed by atoms with van der Waals surface area (Å²) < 4.78 is 5.26. The fraction of sp³-hybridized carbons (Fsp3) is 0.214. The number of aromatic nitrogens is 1. The van der Waals surface area contributed by atoms with Crippen molar-refractivity contribution in [3.63, 3.8) is 0 Å². The van der Waals surface area contributed by atoms with Crippen LogP contribution in [0.2, 0.25) is 10.0 Å². The molecule has 3 nitrogen and oxygen atoms in total. The van der Waals surface area contributed by atoms with Crippen LogP contribution < -0.4 is 10.5 Å². The molecule has 0 saturated heterocycles. The smallest absolute Gasteiger partial charge is 0.131 e. The van der Waals surface area contributed by atoms with Gasteiger partial charge >= 0.3 is 0 Å². The summed E-state index contributed by atoms with van der Waals surface area (Å²) in [5.74, 6) is 1.06. The van der Waals surface area contributed by atoms with Gasteiger partial charge in [-0.1, -0.05) is 37.0 Å². The van der Waals surface area contributed by atoms with Crippen LogP contribution in [0.3, 0.4) is 0 Å². The molecule has 2 N–H and O–H groups in total. The van der Waals surface area contributed by atoms with Crippen LogP contribution in [0.5, 0.6) is 5.75 Å². The van der Waals surface area contributed by atoms with Gasteiger partial charge in [0, 0.05) is 22.3 Å². The molecule has 1 aromatic heterocycles. The van der Waals surface area contributed by atoms with Gasteiger partial charge < -0.3 is 10.5 Å². The number of rotatable bonds is 2. The quantitative estimate of drug-likeness (QED) is 0.876. The summed E-state index contributed by atoms with van der Waals surface area (Å²) >= 11 is 11.9. The van der Waals surface area contributed by atoms with Crippen molar-refractivity contribution >= 4 is 29.0 Å². The molecule has 0 bridgehead atoms. The molecule has 0 aliphatic heterocycles. The van der Waals surface area contributed by atoms with Crippen molar-refractivity contribution in [1.82, 2.24) is 4.98 Å². The molecule has 0 saturated carbocycles. The number of nitrogens with two attached hydrogens (primary N) is 1. The minimum Gasteiger partial charge on any atom is -0.496 e. The van der Waals surface area contributed by atoms with Crippen molar-refractivity contribution < 1.29 is 4.74 Å². The molecular weight excluding hydrogens is 283 g/mol. The largest absolute Gasteiger partial charge is 0.496 e. The lowest BCUT2D eigenvalue weighted by Crippen LogP contribution is -1.95. The van der Waals surface area contributed by atoms with Gasteiger partial charge in [-0.2, -0.15) is 0 Å². The lowest BCUT2D eigenvalue weighted by atomic mass is 10.1. The Hall–Kier alpha value is -1.45. The second-order valence-corrected chi connectivity index (χ2v) is 4.30. The first-order valence-corrected chi connectivity index (χ1v) is 6.62. The standard InChI is InChI=1S/C12H10Cl2N2O.C2H6/c1-17-11-3-2-7(13)4-9(11)10-5-8(14)6-16-12(10)15;1-2/h2-6H,1H3,(H2,15,16);1-2H3. The number of nitrogens with zero attached hydrogens (tertiary/aromatic N) is 1. The molecule has 0 unspecified atom stereocenters. The maximum atomic E-state index is 5.97. The van der Waals surface area contributed by atoms with Crippen LogP contribution in [0.15, 0.2) is 30.5 Å². The topological polar surface area (TPSA) is 48.1 Å². The Bertz CT molecular complexity index is 559. The van der Waals surface area contributed by atoms with Gasteiger partial charge in [-0.3, -0.25) is 0 Å². The predicted molar refractivity (Wildman–Crippen MR) is 82.0 cm³/mol. The molecule has 0 aliphatic rings. The molecule has 0 fully saturated rings. The minimum atomic E-state index is 0.384. The van der Waals surface area contributed by atoms with Gasteiger partial charge in [0.15, 0.2) is 0 Å². The molecular formula is C14H16Cl2N2O. The van der Waals surface area contributed by atoms with Crippen molar-refractivity contribution in [3.8, 4) is 16.9 Å². The Morgan fingerprint density at radius 3 is 2.32 bits per heavy atom. The van der Waals surface area contributed by atoms with E-state index in [9.17, 15) is 0 Å². The van der Waals surface area contributed by atoms with E-state index >= 15 is 0 Å². The summed E-state index contributed by atoms with van der Waals surface area (Å²) in [6.07, 6.45) is 1.50. The Kier molecular flexibility index (Phi) is 5.93. The molecule has 0 amide bonds. The fourth-order valence-electron chi connectivity index (χ4n) is 1.56. The third-order valence-corrected chi connectivity index (χ3v) is 2.78. The SMILES string of the molecule is CC.COc1ccc(Cl)cc1-c1cc(Cl)cnc1N. The van der Waals surface area contributed by atoms with Crippen molar-refractivity contribution in [2.75, 3.05) is 12.8 Å². The summed E-state index contributed by atoms with van der Waals surface area (Å²) in [7, 11) is 1.58. The molecule has 2 rings (SSSR count). The minimum absolute atomic E-state index is 0.384. The number of anilines is 1. The van der Waals surface area contributed by atoms with Crippen LogP contribution in [0.1, 0.15) is 13.8 Å². The average Bonchev–Trinajstić information content (AvgIpc) is 2.43. The molecule has 0 radical (unpaired) electrons. The number of benzene rings is 1. The number of halogens is 2. The van der Waals surface area contributed by atoms with Crippen LogP contribution in [0.25, 0.3) is 11.1 Å². The summed E-state index contributed by atoms with van der Waals surface area (Å²) in [6.45, 7) is 4.00. The molecule has 5 heteroatoms. The van der Waals surface area contributed by atoms with E-state index in [1.54, 1.807) is 31.4 Å². The number of nitrogen functional groups attached to an aromatic ring is 1. The van der Waals surface area contributed by atoms with Crippen LogP contribution in [-0.2, 0) is 0 Å². The first kappa shape index (κ1) is 15.6. The van der Waals surface area contributed by atoms with Gasteiger partial charge in [0.05, 0.1) is 12.1 Å². The lowest BCUT2D eigenvalue weighted by molar-refractivity contribution is 0.416. The maximum absolute atomic E-state index is 5.97. The third-order valence-electron chi connectivity index (χ3n) is 2.34. The Labute approximate surface area is 123 Å². The van der Waals surface area contributed by atoms with Crippen molar-refractivity contribution in [2.24, 2.45) is 0 Å². The highest BCUT2D eigenvalue weighted by Gasteiger charge is 2.11. The highest BCUT2D eigenvalue weighted by molar-refractivity contribution is 6.31. The Morgan fingerprint density at radius 2 is 1.68 bits per heavy atom. The van der Waals surface area contributed by atoms with Gasteiger partial charge in [-0.05, 0) is 24.3 Å². The van der Waals surface area contributed by atoms with Gasteiger partial charge in [0.2, 0.25) is 0 Å². The zero-order valence-corrected chi connectivity index (χ0v) is 12.6. The second-order valence-electron chi connectivity index (χ2n) is 3.43. The zero-order chi connectivity index (χ0) is 14.4. The Morgan fingerprint density at radius 1 is 1.05 bits per heavy atom. The van der Waals surface area contributed by atoms with E-state index in [0.29, 0.717) is 27.2 Å². The zero-order valence-electron chi connectivity index (χ0n) is 11.1. The van der Waals surface area contributed by atoms with E-state index in [0.717, 1.165) is 5.56 Å². The lowest BCUT2D eigenvalue weighted by Gasteiger charge is -2.10. The van der Waals surface area contributed by atoms with E-state index in [2.05, 4.69) is 4.98 Å². The average molecular weight is 299 g/mol. The van der Waals surface area contributed by atoms with E-state index in [1.165, 1.54) is 6.20 Å². The number of methoxy groups -OCH3 is 1. The van der Waals surface area contributed by atoms with E-state index < -0.39 is 0 Å². The van der Waals surface area contributed by atoms with E-state index in [4.69, 9.17) is 33.7 Å². The summed E-state index contributed by atoms with van der Waals surface area (Å²) in [5, 5.41) is 1.11. The molecule has 1 aromatic carbocycles. The second kappa shape index (κ2) is 7.22. The summed E-state index contributed by atoms with van der Waals surface area (Å²) in [6, 6.07) is 7.03.